The molecule has 0 saturated heterocycles. The molecule has 1 aliphatic heterocycles. The fraction of sp³-hybridized carbons (Fsp3) is 0.231. The lowest BCUT2D eigenvalue weighted by atomic mass is 10.2. The second kappa shape index (κ2) is 4.82. The van der Waals surface area contributed by atoms with E-state index in [2.05, 4.69) is 0 Å². The lowest BCUT2D eigenvalue weighted by Gasteiger charge is -2.14. The monoisotopic (exact) mass is 231 g/mol. The van der Waals surface area contributed by atoms with Crippen LogP contribution in [-0.2, 0) is 16.1 Å². The van der Waals surface area contributed by atoms with E-state index in [0.29, 0.717) is 12.1 Å². The highest BCUT2D eigenvalue weighted by atomic mass is 16.6. The Kier molecular flexibility index (Phi) is 3.23. The number of carbonyl (C=O) groups excluding carboxylic acids is 2. The fourth-order valence-corrected chi connectivity index (χ4v) is 1.57. The molecule has 4 heteroatoms. The summed E-state index contributed by atoms with van der Waals surface area (Å²) in [5.74, 6) is -0.275. The van der Waals surface area contributed by atoms with Crippen molar-refractivity contribution >= 4 is 12.0 Å². The highest BCUT2D eigenvalue weighted by Gasteiger charge is 2.27. The van der Waals surface area contributed by atoms with E-state index in [-0.39, 0.29) is 12.5 Å². The van der Waals surface area contributed by atoms with E-state index in [0.717, 1.165) is 10.5 Å². The molecule has 1 aromatic carbocycles. The maximum atomic E-state index is 11.6. The third-order valence-electron chi connectivity index (χ3n) is 2.59. The summed E-state index contributed by atoms with van der Waals surface area (Å²) in [7, 11) is 0. The third kappa shape index (κ3) is 2.53. The van der Waals surface area contributed by atoms with Gasteiger partial charge in [0.2, 0.25) is 0 Å². The van der Waals surface area contributed by atoms with Crippen molar-refractivity contribution in [1.82, 2.24) is 4.90 Å². The van der Waals surface area contributed by atoms with Crippen LogP contribution in [-0.4, -0.2) is 23.4 Å². The molecule has 4 nitrogen and oxygen atoms in total. The molecule has 0 spiro atoms. The summed E-state index contributed by atoms with van der Waals surface area (Å²) in [6, 6.07) is 9.36. The molecule has 0 aromatic heterocycles. The molecule has 0 unspecified atom stereocenters. The van der Waals surface area contributed by atoms with E-state index in [1.54, 1.807) is 13.0 Å². The van der Waals surface area contributed by atoms with Crippen LogP contribution in [0.2, 0.25) is 0 Å². The van der Waals surface area contributed by atoms with E-state index in [1.165, 1.54) is 0 Å². The van der Waals surface area contributed by atoms with Crippen molar-refractivity contribution < 1.29 is 14.3 Å². The molecule has 0 bridgehead atoms. The number of imide groups is 1. The molecule has 1 heterocycles. The van der Waals surface area contributed by atoms with Crippen LogP contribution in [0.1, 0.15) is 12.5 Å². The second-order valence-electron chi connectivity index (χ2n) is 3.84. The van der Waals surface area contributed by atoms with Gasteiger partial charge in [0.15, 0.2) is 0 Å². The molecule has 0 atom stereocenters. The first-order chi connectivity index (χ1) is 8.18. The fourth-order valence-electron chi connectivity index (χ4n) is 1.57. The molecule has 0 aliphatic carbocycles. The van der Waals surface area contributed by atoms with Gasteiger partial charge in [-0.3, -0.25) is 4.79 Å². The number of ether oxygens (including phenoxy) is 1. The van der Waals surface area contributed by atoms with Gasteiger partial charge < -0.3 is 4.74 Å². The zero-order valence-electron chi connectivity index (χ0n) is 9.55. The summed E-state index contributed by atoms with van der Waals surface area (Å²) in [5.41, 5.74) is 1.49. The van der Waals surface area contributed by atoms with Gasteiger partial charge in [-0.15, -0.1) is 0 Å². The van der Waals surface area contributed by atoms with Crippen molar-refractivity contribution in [2.24, 2.45) is 0 Å². The number of nitrogens with zero attached hydrogens (tertiary/aromatic N) is 1. The molecule has 0 saturated carbocycles. The second-order valence-corrected chi connectivity index (χ2v) is 3.84. The molecule has 1 aliphatic rings. The Balaban J connectivity index is 1.89. The molecule has 0 radical (unpaired) electrons. The van der Waals surface area contributed by atoms with Crippen LogP contribution < -0.4 is 0 Å². The number of benzene rings is 1. The van der Waals surface area contributed by atoms with Gasteiger partial charge in [0.25, 0.3) is 5.91 Å². The lowest BCUT2D eigenvalue weighted by molar-refractivity contribution is -0.124. The quantitative estimate of drug-likeness (QED) is 0.783. The minimum absolute atomic E-state index is 0.183. The third-order valence-corrected chi connectivity index (χ3v) is 2.59. The number of rotatable bonds is 2. The maximum Gasteiger partial charge on any atom is 0.417 e. The molecule has 2 rings (SSSR count). The van der Waals surface area contributed by atoms with Crippen LogP contribution in [0.25, 0.3) is 0 Å². The van der Waals surface area contributed by atoms with Crippen molar-refractivity contribution in [2.45, 2.75) is 13.5 Å². The van der Waals surface area contributed by atoms with Crippen molar-refractivity contribution in [2.75, 3.05) is 6.54 Å². The van der Waals surface area contributed by atoms with Gasteiger partial charge in [-0.1, -0.05) is 36.4 Å². The van der Waals surface area contributed by atoms with E-state index < -0.39 is 6.09 Å². The molecule has 88 valence electrons. The van der Waals surface area contributed by atoms with Crippen molar-refractivity contribution in [1.29, 1.82) is 0 Å². The normalized spacial score (nSPS) is 14.8. The van der Waals surface area contributed by atoms with Crippen molar-refractivity contribution in [3.8, 4) is 0 Å². The molecule has 17 heavy (non-hydrogen) atoms. The minimum atomic E-state index is -0.591. The first-order valence-corrected chi connectivity index (χ1v) is 5.38. The average molecular weight is 231 g/mol. The number of hydrogen-bond donors (Lipinski definition) is 0. The smallest absolute Gasteiger partial charge is 0.417 e. The van der Waals surface area contributed by atoms with Gasteiger partial charge in [0.1, 0.15) is 6.61 Å². The summed E-state index contributed by atoms with van der Waals surface area (Å²) in [5, 5.41) is 0. The maximum absolute atomic E-state index is 11.6. The average Bonchev–Trinajstić information content (AvgIpc) is 2.69. The summed E-state index contributed by atoms with van der Waals surface area (Å²) in [6.45, 7) is 2.17. The van der Waals surface area contributed by atoms with Crippen LogP contribution in [0.15, 0.2) is 42.0 Å². The zero-order chi connectivity index (χ0) is 12.3. The Morgan fingerprint density at radius 3 is 2.65 bits per heavy atom. The Labute approximate surface area is 99.5 Å². The summed E-state index contributed by atoms with van der Waals surface area (Å²) < 4.78 is 5.06. The lowest BCUT2D eigenvalue weighted by Crippen LogP contribution is -2.33. The van der Waals surface area contributed by atoms with Crippen molar-refractivity contribution in [3.63, 3.8) is 0 Å². The largest absolute Gasteiger partial charge is 0.444 e. The number of hydrogen-bond acceptors (Lipinski definition) is 3. The van der Waals surface area contributed by atoms with Crippen LogP contribution in [0.4, 0.5) is 4.79 Å². The SMILES string of the molecule is CC1=CCN(C(=O)OCc2ccccc2)C1=O. The molecule has 0 fully saturated rings. The van der Waals surface area contributed by atoms with Gasteiger partial charge >= 0.3 is 6.09 Å². The predicted molar refractivity (Wildman–Crippen MR) is 62.1 cm³/mol. The number of carbonyl (C=O) groups is 2. The molecule has 0 N–H and O–H groups in total. The first-order valence-electron chi connectivity index (χ1n) is 5.38. The molecule has 2 amide bonds. The van der Waals surface area contributed by atoms with Gasteiger partial charge in [0.05, 0.1) is 6.54 Å². The minimum Gasteiger partial charge on any atom is -0.444 e. The van der Waals surface area contributed by atoms with Gasteiger partial charge in [-0.05, 0) is 12.5 Å². The van der Waals surface area contributed by atoms with Gasteiger partial charge in [-0.2, -0.15) is 0 Å². The first kappa shape index (κ1) is 11.4. The highest BCUT2D eigenvalue weighted by Crippen LogP contribution is 2.12. The topological polar surface area (TPSA) is 46.6 Å². The Hall–Kier alpha value is -2.10. The van der Waals surface area contributed by atoms with Crippen LogP contribution in [0.3, 0.4) is 0 Å². The predicted octanol–water partition coefficient (Wildman–Crippen LogP) is 2.11. The summed E-state index contributed by atoms with van der Waals surface area (Å²) in [4.78, 5) is 24.2. The van der Waals surface area contributed by atoms with E-state index in [9.17, 15) is 9.59 Å². The van der Waals surface area contributed by atoms with Crippen LogP contribution in [0, 0.1) is 0 Å². The molecular weight excluding hydrogens is 218 g/mol. The van der Waals surface area contributed by atoms with E-state index in [1.807, 2.05) is 30.3 Å². The van der Waals surface area contributed by atoms with E-state index in [4.69, 9.17) is 4.74 Å². The molecule has 1 aromatic rings. The Morgan fingerprint density at radius 2 is 2.06 bits per heavy atom. The summed E-state index contributed by atoms with van der Waals surface area (Å²) in [6.07, 6.45) is 1.12. The standard InChI is InChI=1S/C13H13NO3/c1-10-7-8-14(12(10)15)13(16)17-9-11-5-3-2-4-6-11/h2-7H,8-9H2,1H3. The van der Waals surface area contributed by atoms with Gasteiger partial charge in [0, 0.05) is 5.57 Å². The number of amides is 2. The van der Waals surface area contributed by atoms with E-state index >= 15 is 0 Å². The highest BCUT2D eigenvalue weighted by molar-refractivity contribution is 6.04. The Morgan fingerprint density at radius 1 is 1.35 bits per heavy atom. The zero-order valence-corrected chi connectivity index (χ0v) is 9.55. The van der Waals surface area contributed by atoms with Crippen LogP contribution >= 0.6 is 0 Å². The van der Waals surface area contributed by atoms with Gasteiger partial charge in [-0.25, -0.2) is 9.69 Å². The van der Waals surface area contributed by atoms with Crippen molar-refractivity contribution in [3.05, 3.63) is 47.5 Å². The Bertz CT molecular complexity index is 465. The van der Waals surface area contributed by atoms with Crippen LogP contribution in [0.5, 0.6) is 0 Å². The summed E-state index contributed by atoms with van der Waals surface area (Å²) >= 11 is 0. The molecular formula is C13H13NO3.